The van der Waals surface area contributed by atoms with E-state index in [0.717, 1.165) is 29.1 Å². The van der Waals surface area contributed by atoms with Gasteiger partial charge in [0.25, 0.3) is 5.91 Å². The standard InChI is InChI=1S/C17H21BrN2O/c1-3-14(4-2)20(12-10-18)17(21)15-9-5-7-13-8-6-11-19-16(13)15/h5-9,11,14H,3-4,10,12H2,1-2H3. The van der Waals surface area contributed by atoms with E-state index in [2.05, 4.69) is 34.8 Å². The van der Waals surface area contributed by atoms with Crippen LogP contribution in [0, 0.1) is 0 Å². The molecule has 21 heavy (non-hydrogen) atoms. The lowest BCUT2D eigenvalue weighted by molar-refractivity contribution is 0.0685. The zero-order valence-corrected chi connectivity index (χ0v) is 14.1. The highest BCUT2D eigenvalue weighted by atomic mass is 79.9. The van der Waals surface area contributed by atoms with Crippen LogP contribution in [-0.2, 0) is 0 Å². The van der Waals surface area contributed by atoms with Crippen molar-refractivity contribution in [1.29, 1.82) is 0 Å². The van der Waals surface area contributed by atoms with Gasteiger partial charge in [-0.3, -0.25) is 9.78 Å². The summed E-state index contributed by atoms with van der Waals surface area (Å²) in [4.78, 5) is 19.3. The number of para-hydroxylation sites is 1. The maximum absolute atomic E-state index is 13.0. The number of benzene rings is 1. The molecule has 0 bridgehead atoms. The maximum Gasteiger partial charge on any atom is 0.256 e. The van der Waals surface area contributed by atoms with Crippen LogP contribution in [0.2, 0.25) is 0 Å². The number of hydrogen-bond donors (Lipinski definition) is 0. The Hall–Kier alpha value is -1.42. The number of rotatable bonds is 6. The minimum absolute atomic E-state index is 0.0763. The molecule has 0 saturated carbocycles. The Balaban J connectivity index is 2.43. The molecule has 1 heterocycles. The van der Waals surface area contributed by atoms with Crippen molar-refractivity contribution in [2.24, 2.45) is 0 Å². The van der Waals surface area contributed by atoms with Crippen molar-refractivity contribution >= 4 is 32.7 Å². The highest BCUT2D eigenvalue weighted by molar-refractivity contribution is 9.09. The number of carbonyl (C=O) groups excluding carboxylic acids is 1. The summed E-state index contributed by atoms with van der Waals surface area (Å²) in [5.41, 5.74) is 1.48. The van der Waals surface area contributed by atoms with Gasteiger partial charge in [-0.15, -0.1) is 0 Å². The molecule has 1 aromatic carbocycles. The summed E-state index contributed by atoms with van der Waals surface area (Å²) in [7, 11) is 0. The van der Waals surface area contributed by atoms with Gasteiger partial charge in [0.1, 0.15) is 0 Å². The lowest BCUT2D eigenvalue weighted by Crippen LogP contribution is -2.41. The summed E-state index contributed by atoms with van der Waals surface area (Å²) < 4.78 is 0. The van der Waals surface area contributed by atoms with E-state index in [9.17, 15) is 4.79 Å². The molecule has 1 aromatic heterocycles. The van der Waals surface area contributed by atoms with Crippen molar-refractivity contribution in [1.82, 2.24) is 9.88 Å². The fourth-order valence-electron chi connectivity index (χ4n) is 2.70. The van der Waals surface area contributed by atoms with E-state index in [4.69, 9.17) is 0 Å². The molecule has 0 atom stereocenters. The number of halogens is 1. The smallest absolute Gasteiger partial charge is 0.256 e. The van der Waals surface area contributed by atoms with Gasteiger partial charge in [0.2, 0.25) is 0 Å². The first-order valence-corrected chi connectivity index (χ1v) is 8.55. The Morgan fingerprint density at radius 1 is 1.24 bits per heavy atom. The second kappa shape index (κ2) is 7.55. The minimum atomic E-state index is 0.0763. The van der Waals surface area contributed by atoms with E-state index in [1.54, 1.807) is 6.20 Å². The van der Waals surface area contributed by atoms with Gasteiger partial charge in [-0.25, -0.2) is 0 Å². The van der Waals surface area contributed by atoms with E-state index >= 15 is 0 Å². The van der Waals surface area contributed by atoms with Gasteiger partial charge in [-0.1, -0.05) is 48.0 Å². The molecule has 0 fully saturated rings. The highest BCUT2D eigenvalue weighted by Crippen LogP contribution is 2.20. The van der Waals surface area contributed by atoms with E-state index in [1.807, 2.05) is 35.2 Å². The van der Waals surface area contributed by atoms with Crippen LogP contribution in [-0.4, -0.2) is 33.7 Å². The van der Waals surface area contributed by atoms with E-state index in [1.165, 1.54) is 0 Å². The van der Waals surface area contributed by atoms with E-state index < -0.39 is 0 Å². The molecule has 0 aliphatic heterocycles. The first kappa shape index (κ1) is 16.0. The predicted octanol–water partition coefficient (Wildman–Crippen LogP) is 4.26. The Morgan fingerprint density at radius 3 is 2.62 bits per heavy atom. The van der Waals surface area contributed by atoms with Crippen LogP contribution in [0.4, 0.5) is 0 Å². The molecule has 0 spiro atoms. The average Bonchev–Trinajstić information content (AvgIpc) is 2.54. The summed E-state index contributed by atoms with van der Waals surface area (Å²) in [6.45, 7) is 4.97. The van der Waals surface area contributed by atoms with E-state index in [-0.39, 0.29) is 11.9 Å². The monoisotopic (exact) mass is 348 g/mol. The molecule has 2 rings (SSSR count). The van der Waals surface area contributed by atoms with Crippen molar-refractivity contribution in [3.63, 3.8) is 0 Å². The fraction of sp³-hybridized carbons (Fsp3) is 0.412. The van der Waals surface area contributed by atoms with Gasteiger partial charge in [-0.05, 0) is 25.0 Å². The zero-order valence-electron chi connectivity index (χ0n) is 12.6. The Kier molecular flexibility index (Phi) is 5.74. The molecule has 4 heteroatoms. The number of hydrogen-bond acceptors (Lipinski definition) is 2. The van der Waals surface area contributed by atoms with Gasteiger partial charge in [-0.2, -0.15) is 0 Å². The number of amides is 1. The quantitative estimate of drug-likeness (QED) is 0.730. The molecule has 0 saturated heterocycles. The van der Waals surface area contributed by atoms with Crippen LogP contribution in [0.15, 0.2) is 36.5 Å². The van der Waals surface area contributed by atoms with E-state index in [0.29, 0.717) is 12.1 Å². The van der Waals surface area contributed by atoms with Crippen molar-refractivity contribution < 1.29 is 4.79 Å². The normalized spacial score (nSPS) is 11.0. The topological polar surface area (TPSA) is 33.2 Å². The third-order valence-electron chi connectivity index (χ3n) is 3.83. The summed E-state index contributed by atoms with van der Waals surface area (Å²) in [6, 6.07) is 9.95. The van der Waals surface area contributed by atoms with Crippen molar-refractivity contribution in [2.45, 2.75) is 32.7 Å². The summed E-state index contributed by atoms with van der Waals surface area (Å²) in [5, 5.41) is 1.79. The molecule has 0 radical (unpaired) electrons. The second-order valence-electron chi connectivity index (χ2n) is 5.04. The number of aromatic nitrogens is 1. The summed E-state index contributed by atoms with van der Waals surface area (Å²) in [6.07, 6.45) is 3.67. The van der Waals surface area contributed by atoms with Gasteiger partial charge >= 0.3 is 0 Å². The zero-order chi connectivity index (χ0) is 15.2. The van der Waals surface area contributed by atoms with Crippen molar-refractivity contribution in [3.8, 4) is 0 Å². The third-order valence-corrected chi connectivity index (χ3v) is 4.19. The first-order chi connectivity index (χ1) is 10.2. The van der Waals surface area contributed by atoms with Gasteiger partial charge in [0, 0.05) is 29.5 Å². The lowest BCUT2D eigenvalue weighted by atomic mass is 10.1. The maximum atomic E-state index is 13.0. The van der Waals surface area contributed by atoms with Gasteiger partial charge in [0.05, 0.1) is 11.1 Å². The molecular formula is C17H21BrN2O. The molecule has 0 N–H and O–H groups in total. The highest BCUT2D eigenvalue weighted by Gasteiger charge is 2.23. The number of nitrogens with zero attached hydrogens (tertiary/aromatic N) is 2. The van der Waals surface area contributed by atoms with Crippen LogP contribution >= 0.6 is 15.9 Å². The largest absolute Gasteiger partial charge is 0.335 e. The molecule has 1 amide bonds. The fourth-order valence-corrected chi connectivity index (χ4v) is 3.08. The van der Waals surface area contributed by atoms with Crippen LogP contribution < -0.4 is 0 Å². The van der Waals surface area contributed by atoms with Crippen molar-refractivity contribution in [3.05, 3.63) is 42.1 Å². The number of carbonyl (C=O) groups is 1. The SMILES string of the molecule is CCC(CC)N(CCBr)C(=O)c1cccc2cccnc12. The molecule has 0 unspecified atom stereocenters. The lowest BCUT2D eigenvalue weighted by Gasteiger charge is -2.30. The van der Waals surface area contributed by atoms with Gasteiger partial charge < -0.3 is 4.90 Å². The summed E-state index contributed by atoms with van der Waals surface area (Å²) in [5.74, 6) is 0.0763. The summed E-state index contributed by atoms with van der Waals surface area (Å²) >= 11 is 3.46. The van der Waals surface area contributed by atoms with Crippen LogP contribution in [0.1, 0.15) is 37.0 Å². The van der Waals surface area contributed by atoms with Gasteiger partial charge in [0.15, 0.2) is 0 Å². The first-order valence-electron chi connectivity index (χ1n) is 7.43. The second-order valence-corrected chi connectivity index (χ2v) is 5.83. The Bertz CT molecular complexity index is 605. The minimum Gasteiger partial charge on any atom is -0.335 e. The Labute approximate surface area is 134 Å². The molecule has 2 aromatic rings. The molecule has 0 aliphatic rings. The number of fused-ring (bicyclic) bond motifs is 1. The van der Waals surface area contributed by atoms with Crippen LogP contribution in [0.25, 0.3) is 10.9 Å². The molecular weight excluding hydrogens is 328 g/mol. The average molecular weight is 349 g/mol. The predicted molar refractivity (Wildman–Crippen MR) is 90.9 cm³/mol. The van der Waals surface area contributed by atoms with Crippen LogP contribution in [0.3, 0.4) is 0 Å². The molecule has 112 valence electrons. The number of alkyl halides is 1. The molecule has 0 aliphatic carbocycles. The van der Waals surface area contributed by atoms with Crippen molar-refractivity contribution in [2.75, 3.05) is 11.9 Å². The van der Waals surface area contributed by atoms with Crippen LogP contribution in [0.5, 0.6) is 0 Å². The number of pyridine rings is 1. The third kappa shape index (κ3) is 3.43. The Morgan fingerprint density at radius 2 is 1.95 bits per heavy atom. The molecule has 3 nitrogen and oxygen atoms in total.